The van der Waals surface area contributed by atoms with E-state index in [1.165, 1.54) is 5.56 Å². The molecule has 0 amide bonds. The zero-order valence-electron chi connectivity index (χ0n) is 10.2. The molecule has 1 aliphatic carbocycles. The highest BCUT2D eigenvalue weighted by atomic mass is 79.9. The van der Waals surface area contributed by atoms with Crippen LogP contribution in [0.15, 0.2) is 22.7 Å². The minimum atomic E-state index is -0.619. The summed E-state index contributed by atoms with van der Waals surface area (Å²) in [6.45, 7) is 6.57. The Balaban J connectivity index is 2.62. The molecule has 0 bridgehead atoms. The first kappa shape index (κ1) is 12.1. The molecule has 1 nitrogen and oxygen atoms in total. The molecule has 0 heterocycles. The predicted molar refractivity (Wildman–Crippen MR) is 70.6 cm³/mol. The molecule has 1 unspecified atom stereocenters. The molecule has 0 saturated carbocycles. The fourth-order valence-corrected chi connectivity index (χ4v) is 3.00. The lowest BCUT2D eigenvalue weighted by Crippen LogP contribution is -2.37. The molecule has 0 radical (unpaired) electrons. The van der Waals surface area contributed by atoms with Crippen LogP contribution < -0.4 is 0 Å². The highest BCUT2D eigenvalue weighted by molar-refractivity contribution is 9.10. The summed E-state index contributed by atoms with van der Waals surface area (Å²) in [7, 11) is 0. The predicted octanol–water partition coefficient (Wildman–Crippen LogP) is 4.12. The summed E-state index contributed by atoms with van der Waals surface area (Å²) in [6, 6.07) is 6.26. The van der Waals surface area contributed by atoms with Crippen LogP contribution in [0.1, 0.15) is 51.2 Å². The maximum absolute atomic E-state index is 10.6. The van der Waals surface area contributed by atoms with Gasteiger partial charge in [0.05, 0.1) is 5.60 Å². The van der Waals surface area contributed by atoms with Gasteiger partial charge in [0.1, 0.15) is 0 Å². The van der Waals surface area contributed by atoms with Crippen molar-refractivity contribution >= 4 is 15.9 Å². The van der Waals surface area contributed by atoms with Gasteiger partial charge in [-0.2, -0.15) is 0 Å². The average Bonchev–Trinajstić information content (AvgIpc) is 2.25. The van der Waals surface area contributed by atoms with Crippen molar-refractivity contribution in [1.82, 2.24) is 0 Å². The Morgan fingerprint density at radius 1 is 1.25 bits per heavy atom. The summed E-state index contributed by atoms with van der Waals surface area (Å²) >= 11 is 3.52. The van der Waals surface area contributed by atoms with Gasteiger partial charge in [-0.25, -0.2) is 0 Å². The van der Waals surface area contributed by atoms with Gasteiger partial charge < -0.3 is 5.11 Å². The first-order valence-corrected chi connectivity index (χ1v) is 6.71. The van der Waals surface area contributed by atoms with Crippen LogP contribution in [0.5, 0.6) is 0 Å². The van der Waals surface area contributed by atoms with Crippen molar-refractivity contribution in [2.24, 2.45) is 0 Å². The molecule has 0 aromatic heterocycles. The monoisotopic (exact) mass is 282 g/mol. The smallest absolute Gasteiger partial charge is 0.0897 e. The van der Waals surface area contributed by atoms with Crippen molar-refractivity contribution < 1.29 is 5.11 Å². The van der Waals surface area contributed by atoms with Crippen LogP contribution in [0, 0.1) is 0 Å². The molecule has 16 heavy (non-hydrogen) atoms. The Labute approximate surface area is 106 Å². The molecule has 88 valence electrons. The molecule has 1 aliphatic rings. The third-order valence-corrected chi connectivity index (χ3v) is 4.45. The summed E-state index contributed by atoms with van der Waals surface area (Å²) in [6.07, 6.45) is 2.70. The van der Waals surface area contributed by atoms with Crippen molar-refractivity contribution in [3.63, 3.8) is 0 Å². The van der Waals surface area contributed by atoms with Crippen molar-refractivity contribution in [3.05, 3.63) is 33.8 Å². The van der Waals surface area contributed by atoms with E-state index >= 15 is 0 Å². The van der Waals surface area contributed by atoms with E-state index in [4.69, 9.17) is 0 Å². The highest BCUT2D eigenvalue weighted by Gasteiger charge is 2.40. The number of hydrogen-bond acceptors (Lipinski definition) is 1. The Morgan fingerprint density at radius 3 is 2.56 bits per heavy atom. The number of benzene rings is 1. The molecule has 0 spiro atoms. The molecule has 0 saturated heterocycles. The second-order valence-corrected chi connectivity index (χ2v) is 6.37. The summed E-state index contributed by atoms with van der Waals surface area (Å²) in [5.74, 6) is 0. The van der Waals surface area contributed by atoms with Gasteiger partial charge in [0.2, 0.25) is 0 Å². The van der Waals surface area contributed by atoms with Crippen molar-refractivity contribution in [3.8, 4) is 0 Å². The zero-order chi connectivity index (χ0) is 12.0. The van der Waals surface area contributed by atoms with Gasteiger partial charge >= 0.3 is 0 Å². The Hall–Kier alpha value is -0.340. The summed E-state index contributed by atoms with van der Waals surface area (Å²) < 4.78 is 1.10. The van der Waals surface area contributed by atoms with Crippen LogP contribution >= 0.6 is 15.9 Å². The van der Waals surface area contributed by atoms with Gasteiger partial charge in [0.15, 0.2) is 0 Å². The van der Waals surface area contributed by atoms with Gasteiger partial charge in [-0.15, -0.1) is 0 Å². The van der Waals surface area contributed by atoms with E-state index in [-0.39, 0.29) is 5.41 Å². The lowest BCUT2D eigenvalue weighted by molar-refractivity contribution is 0.00496. The first-order chi connectivity index (χ1) is 7.39. The number of rotatable bonds is 1. The Bertz CT molecular complexity index is 411. The SMILES string of the molecule is CCC1(O)CCC(C)(C)c2cc(Br)ccc21. The van der Waals surface area contributed by atoms with E-state index in [1.54, 1.807) is 0 Å². The zero-order valence-corrected chi connectivity index (χ0v) is 11.8. The minimum Gasteiger partial charge on any atom is -0.385 e. The van der Waals surface area contributed by atoms with Gasteiger partial charge in [0, 0.05) is 4.47 Å². The van der Waals surface area contributed by atoms with Gasteiger partial charge in [0.25, 0.3) is 0 Å². The number of fused-ring (bicyclic) bond motifs is 1. The van der Waals surface area contributed by atoms with E-state index in [1.807, 2.05) is 6.07 Å². The maximum Gasteiger partial charge on any atom is 0.0897 e. The topological polar surface area (TPSA) is 20.2 Å². The van der Waals surface area contributed by atoms with E-state index in [2.05, 4.69) is 48.8 Å². The molecule has 1 atom stereocenters. The second kappa shape index (κ2) is 3.85. The quantitative estimate of drug-likeness (QED) is 0.822. The maximum atomic E-state index is 10.6. The second-order valence-electron chi connectivity index (χ2n) is 5.46. The van der Waals surface area contributed by atoms with Crippen LogP contribution in [-0.4, -0.2) is 5.11 Å². The van der Waals surface area contributed by atoms with Crippen LogP contribution in [-0.2, 0) is 11.0 Å². The molecule has 2 rings (SSSR count). The standard InChI is InChI=1S/C14H19BrO/c1-4-14(16)8-7-13(2,3)12-9-10(15)5-6-11(12)14/h5-6,9,16H,4,7-8H2,1-3H3. The van der Waals surface area contributed by atoms with Crippen molar-refractivity contribution in [2.45, 2.75) is 51.0 Å². The third kappa shape index (κ3) is 1.82. The first-order valence-electron chi connectivity index (χ1n) is 5.92. The highest BCUT2D eigenvalue weighted by Crippen LogP contribution is 2.46. The van der Waals surface area contributed by atoms with Crippen LogP contribution in [0.3, 0.4) is 0 Å². The van der Waals surface area contributed by atoms with Gasteiger partial charge in [-0.1, -0.05) is 42.8 Å². The lowest BCUT2D eigenvalue weighted by atomic mass is 9.66. The number of halogens is 1. The minimum absolute atomic E-state index is 0.167. The van der Waals surface area contributed by atoms with Crippen LogP contribution in [0.25, 0.3) is 0 Å². The summed E-state index contributed by atoms with van der Waals surface area (Å²) in [4.78, 5) is 0. The van der Waals surface area contributed by atoms with Crippen LogP contribution in [0.2, 0.25) is 0 Å². The van der Waals surface area contributed by atoms with E-state index in [0.29, 0.717) is 0 Å². The summed E-state index contributed by atoms with van der Waals surface area (Å²) in [5, 5.41) is 10.6. The molecule has 1 N–H and O–H groups in total. The Kier molecular flexibility index (Phi) is 2.92. The van der Waals surface area contributed by atoms with E-state index < -0.39 is 5.60 Å². The molecule has 0 aliphatic heterocycles. The van der Waals surface area contributed by atoms with Crippen molar-refractivity contribution in [1.29, 1.82) is 0 Å². The molecule has 1 aromatic rings. The number of hydrogen-bond donors (Lipinski definition) is 1. The number of aliphatic hydroxyl groups is 1. The van der Waals surface area contributed by atoms with E-state index in [9.17, 15) is 5.11 Å². The molecular weight excluding hydrogens is 264 g/mol. The third-order valence-electron chi connectivity index (χ3n) is 3.96. The molecule has 0 fully saturated rings. The normalized spacial score (nSPS) is 27.6. The summed E-state index contributed by atoms with van der Waals surface area (Å²) in [5.41, 5.74) is 1.96. The lowest BCUT2D eigenvalue weighted by Gasteiger charge is -2.42. The van der Waals surface area contributed by atoms with Gasteiger partial charge in [-0.3, -0.25) is 0 Å². The molecule has 1 aromatic carbocycles. The van der Waals surface area contributed by atoms with Gasteiger partial charge in [-0.05, 0) is 47.9 Å². The Morgan fingerprint density at radius 2 is 1.94 bits per heavy atom. The van der Waals surface area contributed by atoms with Crippen LogP contribution in [0.4, 0.5) is 0 Å². The largest absolute Gasteiger partial charge is 0.385 e. The van der Waals surface area contributed by atoms with E-state index in [0.717, 1.165) is 29.3 Å². The molecular formula is C14H19BrO. The fraction of sp³-hybridized carbons (Fsp3) is 0.571. The fourth-order valence-electron chi connectivity index (χ4n) is 2.64. The average molecular weight is 283 g/mol. The molecule has 2 heteroatoms. The van der Waals surface area contributed by atoms with Crippen molar-refractivity contribution in [2.75, 3.05) is 0 Å².